The van der Waals surface area contributed by atoms with Gasteiger partial charge in [-0.25, -0.2) is 0 Å². The van der Waals surface area contributed by atoms with Crippen LogP contribution in [0.25, 0.3) is 0 Å². The van der Waals surface area contributed by atoms with Crippen molar-refractivity contribution < 1.29 is 14.4 Å². The van der Waals surface area contributed by atoms with Gasteiger partial charge in [-0.2, -0.15) is 0 Å². The summed E-state index contributed by atoms with van der Waals surface area (Å²) in [7, 11) is 0. The fourth-order valence-corrected chi connectivity index (χ4v) is 3.41. The summed E-state index contributed by atoms with van der Waals surface area (Å²) in [6.45, 7) is 2.57. The van der Waals surface area contributed by atoms with Crippen molar-refractivity contribution in [2.24, 2.45) is 0 Å². The van der Waals surface area contributed by atoms with Gasteiger partial charge in [-0.15, -0.1) is 0 Å². The van der Waals surface area contributed by atoms with Crippen LogP contribution in [0.1, 0.15) is 76.5 Å². The van der Waals surface area contributed by atoms with E-state index in [0.29, 0.717) is 23.2 Å². The van der Waals surface area contributed by atoms with Crippen molar-refractivity contribution in [3.63, 3.8) is 0 Å². The topological polar surface area (TPSA) is 66.5 Å². The summed E-state index contributed by atoms with van der Waals surface area (Å²) in [5, 5.41) is 2.79. The van der Waals surface area contributed by atoms with Gasteiger partial charge >= 0.3 is 0 Å². The van der Waals surface area contributed by atoms with Crippen LogP contribution in [0.5, 0.6) is 0 Å². The predicted molar refractivity (Wildman–Crippen MR) is 86.4 cm³/mol. The average Bonchev–Trinajstić information content (AvgIpc) is 2.84. The number of nitrogens with zero attached hydrogens (tertiary/aromatic N) is 1. The molecule has 0 spiro atoms. The third kappa shape index (κ3) is 2.87. The van der Waals surface area contributed by atoms with E-state index in [4.69, 9.17) is 0 Å². The first-order chi connectivity index (χ1) is 11.1. The van der Waals surface area contributed by atoms with E-state index in [1.54, 1.807) is 18.2 Å². The van der Waals surface area contributed by atoms with Crippen LogP contribution < -0.4 is 5.32 Å². The first-order valence-corrected chi connectivity index (χ1v) is 8.43. The Balaban J connectivity index is 1.85. The molecule has 1 aliphatic carbocycles. The molecule has 122 valence electrons. The molecule has 23 heavy (non-hydrogen) atoms. The minimum atomic E-state index is -0.248. The Bertz CT molecular complexity index is 648. The zero-order chi connectivity index (χ0) is 16.4. The Morgan fingerprint density at radius 2 is 1.83 bits per heavy atom. The molecular weight excluding hydrogens is 292 g/mol. The Morgan fingerprint density at radius 3 is 2.52 bits per heavy atom. The first kappa shape index (κ1) is 15.7. The smallest absolute Gasteiger partial charge is 0.261 e. The number of nitrogens with one attached hydrogen (secondary N) is 1. The van der Waals surface area contributed by atoms with Crippen LogP contribution in [0.4, 0.5) is 0 Å². The summed E-state index contributed by atoms with van der Waals surface area (Å²) in [6.07, 6.45) is 5.90. The molecule has 0 atom stereocenters. The summed E-state index contributed by atoms with van der Waals surface area (Å²) in [6, 6.07) is 4.80. The van der Waals surface area contributed by atoms with Crippen LogP contribution in [0.15, 0.2) is 18.2 Å². The highest BCUT2D eigenvalue weighted by Gasteiger charge is 2.40. The first-order valence-electron chi connectivity index (χ1n) is 8.43. The molecule has 1 saturated carbocycles. The maximum Gasteiger partial charge on any atom is 0.261 e. The van der Waals surface area contributed by atoms with Gasteiger partial charge in [-0.05, 0) is 37.5 Å². The maximum absolute atomic E-state index is 12.7. The number of carbonyl (C=O) groups is 3. The summed E-state index contributed by atoms with van der Waals surface area (Å²) in [5.41, 5.74) is 1.22. The van der Waals surface area contributed by atoms with Crippen LogP contribution in [0, 0.1) is 0 Å². The molecule has 1 fully saturated rings. The number of benzene rings is 1. The Hall–Kier alpha value is -2.17. The number of amides is 3. The lowest BCUT2D eigenvalue weighted by Crippen LogP contribution is -2.40. The van der Waals surface area contributed by atoms with Gasteiger partial charge in [0.05, 0.1) is 11.1 Å². The van der Waals surface area contributed by atoms with Gasteiger partial charge in [0.2, 0.25) is 0 Å². The number of rotatable bonds is 4. The summed E-state index contributed by atoms with van der Waals surface area (Å²) in [4.78, 5) is 38.7. The minimum absolute atomic E-state index is 0.00789. The van der Waals surface area contributed by atoms with Gasteiger partial charge < -0.3 is 5.32 Å². The largest absolute Gasteiger partial charge is 0.352 e. The molecule has 0 unspecified atom stereocenters. The number of carbonyl (C=O) groups excluding carboxylic acids is 3. The number of hydrogen-bond acceptors (Lipinski definition) is 3. The molecule has 0 bridgehead atoms. The molecule has 1 N–H and O–H groups in total. The Labute approximate surface area is 136 Å². The SMILES string of the molecule is CCCNC(=O)c1ccc2c(c1)C(=O)N(C1CCCCC1)C2=O. The van der Waals surface area contributed by atoms with Crippen LogP contribution >= 0.6 is 0 Å². The molecule has 1 aromatic rings. The molecule has 1 aromatic carbocycles. The van der Waals surface area contributed by atoms with Gasteiger partial charge in [0.25, 0.3) is 17.7 Å². The molecule has 1 heterocycles. The predicted octanol–water partition coefficient (Wildman–Crippen LogP) is 2.76. The monoisotopic (exact) mass is 314 g/mol. The van der Waals surface area contributed by atoms with E-state index in [-0.39, 0.29) is 23.8 Å². The fourth-order valence-electron chi connectivity index (χ4n) is 3.41. The van der Waals surface area contributed by atoms with Gasteiger partial charge in [0.15, 0.2) is 0 Å². The average molecular weight is 314 g/mol. The van der Waals surface area contributed by atoms with Crippen LogP contribution in [0.2, 0.25) is 0 Å². The van der Waals surface area contributed by atoms with Crippen molar-refractivity contribution in [1.29, 1.82) is 0 Å². The second kappa shape index (κ2) is 6.52. The van der Waals surface area contributed by atoms with Crippen molar-refractivity contribution >= 4 is 17.7 Å². The van der Waals surface area contributed by atoms with Gasteiger partial charge in [-0.3, -0.25) is 19.3 Å². The van der Waals surface area contributed by atoms with Crippen molar-refractivity contribution in [2.75, 3.05) is 6.54 Å². The second-order valence-corrected chi connectivity index (χ2v) is 6.29. The standard InChI is InChI=1S/C18H22N2O3/c1-2-10-19-16(21)12-8-9-14-15(11-12)18(23)20(17(14)22)13-6-4-3-5-7-13/h8-9,11,13H,2-7,10H2,1H3,(H,19,21). The van der Waals surface area contributed by atoms with E-state index < -0.39 is 0 Å². The van der Waals surface area contributed by atoms with Crippen LogP contribution in [0.3, 0.4) is 0 Å². The molecular formula is C18H22N2O3. The summed E-state index contributed by atoms with van der Waals surface area (Å²) in [5.74, 6) is -0.662. The lowest BCUT2D eigenvalue weighted by molar-refractivity contribution is 0.0549. The summed E-state index contributed by atoms with van der Waals surface area (Å²) >= 11 is 0. The Kier molecular flexibility index (Phi) is 4.46. The number of imide groups is 1. The normalized spacial score (nSPS) is 18.2. The third-order valence-electron chi connectivity index (χ3n) is 4.66. The van der Waals surface area contributed by atoms with E-state index in [1.807, 2.05) is 6.92 Å². The highest BCUT2D eigenvalue weighted by atomic mass is 16.2. The zero-order valence-electron chi connectivity index (χ0n) is 13.4. The molecule has 2 aliphatic rings. The molecule has 0 saturated heterocycles. The van der Waals surface area contributed by atoms with Gasteiger partial charge in [-0.1, -0.05) is 26.2 Å². The van der Waals surface area contributed by atoms with Gasteiger partial charge in [0, 0.05) is 18.2 Å². The van der Waals surface area contributed by atoms with Gasteiger partial charge in [0.1, 0.15) is 0 Å². The third-order valence-corrected chi connectivity index (χ3v) is 4.66. The maximum atomic E-state index is 12.7. The van der Waals surface area contributed by atoms with Crippen LogP contribution in [-0.2, 0) is 0 Å². The number of fused-ring (bicyclic) bond motifs is 1. The lowest BCUT2D eigenvalue weighted by Gasteiger charge is -2.29. The zero-order valence-corrected chi connectivity index (χ0v) is 13.4. The quantitative estimate of drug-likeness (QED) is 0.869. The molecule has 0 radical (unpaired) electrons. The molecule has 0 aromatic heterocycles. The molecule has 1 aliphatic heterocycles. The van der Waals surface area contributed by atoms with E-state index in [1.165, 1.54) is 11.3 Å². The van der Waals surface area contributed by atoms with E-state index in [0.717, 1.165) is 32.1 Å². The highest BCUT2D eigenvalue weighted by molar-refractivity contribution is 6.22. The number of hydrogen-bond donors (Lipinski definition) is 1. The molecule has 3 rings (SSSR count). The molecule has 5 heteroatoms. The highest BCUT2D eigenvalue weighted by Crippen LogP contribution is 2.31. The van der Waals surface area contributed by atoms with Crippen molar-refractivity contribution in [3.8, 4) is 0 Å². The fraction of sp³-hybridized carbons (Fsp3) is 0.500. The Morgan fingerprint density at radius 1 is 1.13 bits per heavy atom. The van der Waals surface area contributed by atoms with Crippen molar-refractivity contribution in [2.45, 2.75) is 51.5 Å². The van der Waals surface area contributed by atoms with E-state index in [9.17, 15) is 14.4 Å². The molecule has 3 amide bonds. The van der Waals surface area contributed by atoms with E-state index >= 15 is 0 Å². The van der Waals surface area contributed by atoms with Crippen molar-refractivity contribution in [1.82, 2.24) is 10.2 Å². The van der Waals surface area contributed by atoms with E-state index in [2.05, 4.69) is 5.32 Å². The second-order valence-electron chi connectivity index (χ2n) is 6.29. The minimum Gasteiger partial charge on any atom is -0.352 e. The lowest BCUT2D eigenvalue weighted by atomic mass is 9.94. The van der Waals surface area contributed by atoms with Crippen LogP contribution in [-0.4, -0.2) is 35.2 Å². The molecule has 5 nitrogen and oxygen atoms in total. The summed E-state index contributed by atoms with van der Waals surface area (Å²) < 4.78 is 0. The van der Waals surface area contributed by atoms with Crippen molar-refractivity contribution in [3.05, 3.63) is 34.9 Å².